The maximum absolute atomic E-state index is 13.3. The van der Waals surface area contributed by atoms with Gasteiger partial charge in [-0.3, -0.25) is 9.59 Å². The standard InChI is InChI=1S/C31H39NO2/c1-2-3-4-5-6-7-8-9-16-21-30(33)32-24-28(22-26-17-12-10-13-18-26)31(34)29(25-32)23-27-19-14-11-15-20-27/h10-15,17-20,22-23H,2-9,16,21,24-25H2,1H3/b28-22+,29-23+. The van der Waals surface area contributed by atoms with E-state index in [-0.39, 0.29) is 11.7 Å². The lowest BCUT2D eigenvalue weighted by molar-refractivity contribution is -0.131. The van der Waals surface area contributed by atoms with Crippen molar-refractivity contribution >= 4 is 23.8 Å². The molecule has 2 aromatic rings. The Hall–Kier alpha value is -2.94. The van der Waals surface area contributed by atoms with Crippen LogP contribution in [0, 0.1) is 0 Å². The number of rotatable bonds is 12. The second-order valence-electron chi connectivity index (χ2n) is 9.32. The molecule has 1 aliphatic rings. The van der Waals surface area contributed by atoms with E-state index in [2.05, 4.69) is 6.92 Å². The van der Waals surface area contributed by atoms with Gasteiger partial charge in [-0.1, -0.05) is 119 Å². The largest absolute Gasteiger partial charge is 0.334 e. The lowest BCUT2D eigenvalue weighted by Gasteiger charge is -2.30. The number of ketones is 1. The Kier molecular flexibility index (Phi) is 10.8. The second kappa shape index (κ2) is 14.3. The number of carbonyl (C=O) groups is 2. The first-order valence-electron chi connectivity index (χ1n) is 13.0. The van der Waals surface area contributed by atoms with E-state index in [4.69, 9.17) is 0 Å². The first-order chi connectivity index (χ1) is 16.7. The molecule has 34 heavy (non-hydrogen) atoms. The summed E-state index contributed by atoms with van der Waals surface area (Å²) in [6.07, 6.45) is 15.5. The molecular formula is C31H39NO2. The van der Waals surface area contributed by atoms with Gasteiger partial charge in [-0.2, -0.15) is 0 Å². The molecular weight excluding hydrogens is 418 g/mol. The van der Waals surface area contributed by atoms with Gasteiger partial charge in [0.05, 0.1) is 0 Å². The van der Waals surface area contributed by atoms with Crippen LogP contribution in [0.4, 0.5) is 0 Å². The summed E-state index contributed by atoms with van der Waals surface area (Å²) in [4.78, 5) is 28.2. The Labute approximate surface area is 205 Å². The van der Waals surface area contributed by atoms with Crippen LogP contribution in [0.3, 0.4) is 0 Å². The summed E-state index contributed by atoms with van der Waals surface area (Å²) in [5.74, 6) is 0.188. The van der Waals surface area contributed by atoms with Gasteiger partial charge in [-0.15, -0.1) is 0 Å². The van der Waals surface area contributed by atoms with Gasteiger partial charge < -0.3 is 4.90 Å². The van der Waals surface area contributed by atoms with Crippen molar-refractivity contribution in [1.82, 2.24) is 4.90 Å². The maximum atomic E-state index is 13.3. The number of benzene rings is 2. The van der Waals surface area contributed by atoms with Gasteiger partial charge in [0.1, 0.15) is 0 Å². The number of piperidine rings is 1. The molecule has 3 heteroatoms. The van der Waals surface area contributed by atoms with Crippen LogP contribution in [0.25, 0.3) is 12.2 Å². The van der Waals surface area contributed by atoms with Crippen LogP contribution < -0.4 is 0 Å². The molecule has 3 nitrogen and oxygen atoms in total. The molecule has 0 atom stereocenters. The summed E-state index contributed by atoms with van der Waals surface area (Å²) in [5.41, 5.74) is 3.33. The minimum Gasteiger partial charge on any atom is -0.334 e. The van der Waals surface area contributed by atoms with Crippen molar-refractivity contribution in [3.8, 4) is 0 Å². The third-order valence-corrected chi connectivity index (χ3v) is 6.43. The molecule has 2 aromatic carbocycles. The molecule has 1 fully saturated rings. The number of nitrogens with zero attached hydrogens (tertiary/aromatic N) is 1. The highest BCUT2D eigenvalue weighted by atomic mass is 16.2. The van der Waals surface area contributed by atoms with Crippen molar-refractivity contribution in [2.24, 2.45) is 0 Å². The van der Waals surface area contributed by atoms with Crippen molar-refractivity contribution in [3.05, 3.63) is 82.9 Å². The number of Topliss-reactive ketones (excluding diaryl/α,β-unsaturated/α-hetero) is 1. The molecule has 0 spiro atoms. The molecule has 1 saturated heterocycles. The van der Waals surface area contributed by atoms with E-state index in [1.54, 1.807) is 0 Å². The monoisotopic (exact) mass is 457 g/mol. The minimum absolute atomic E-state index is 0.0415. The lowest BCUT2D eigenvalue weighted by Crippen LogP contribution is -2.41. The van der Waals surface area contributed by atoms with Crippen LogP contribution in [-0.4, -0.2) is 29.7 Å². The first-order valence-corrected chi connectivity index (χ1v) is 13.0. The SMILES string of the molecule is CCCCCCCCCCCC(=O)N1C/C(=C\c2ccccc2)C(=O)/C(=C/c2ccccc2)C1. The average molecular weight is 458 g/mol. The molecule has 3 rings (SSSR count). The number of hydrogen-bond acceptors (Lipinski definition) is 2. The van der Waals surface area contributed by atoms with E-state index >= 15 is 0 Å². The van der Waals surface area contributed by atoms with E-state index in [1.165, 1.54) is 44.9 Å². The highest BCUT2D eigenvalue weighted by Crippen LogP contribution is 2.23. The summed E-state index contributed by atoms with van der Waals surface area (Å²) in [6.45, 7) is 3.02. The maximum Gasteiger partial charge on any atom is 0.223 e. The van der Waals surface area contributed by atoms with Crippen molar-refractivity contribution < 1.29 is 9.59 Å². The Morgan fingerprint density at radius 1 is 0.706 bits per heavy atom. The van der Waals surface area contributed by atoms with Gasteiger partial charge in [-0.05, 0) is 29.7 Å². The van der Waals surface area contributed by atoms with Crippen LogP contribution >= 0.6 is 0 Å². The molecule has 0 aromatic heterocycles. The minimum atomic E-state index is 0.0415. The third kappa shape index (κ3) is 8.44. The second-order valence-corrected chi connectivity index (χ2v) is 9.32. The van der Waals surface area contributed by atoms with Crippen molar-refractivity contribution in [1.29, 1.82) is 0 Å². The van der Waals surface area contributed by atoms with Crippen LogP contribution in [0.1, 0.15) is 82.3 Å². The topological polar surface area (TPSA) is 37.4 Å². The first kappa shape index (κ1) is 25.7. The van der Waals surface area contributed by atoms with Crippen LogP contribution in [0.2, 0.25) is 0 Å². The van der Waals surface area contributed by atoms with E-state index in [9.17, 15) is 9.59 Å². The van der Waals surface area contributed by atoms with E-state index in [0.29, 0.717) is 30.7 Å². The molecule has 0 aliphatic carbocycles. The Morgan fingerprint density at radius 3 is 1.62 bits per heavy atom. The van der Waals surface area contributed by atoms with Crippen LogP contribution in [-0.2, 0) is 9.59 Å². The van der Waals surface area contributed by atoms with Gasteiger partial charge in [-0.25, -0.2) is 0 Å². The molecule has 0 radical (unpaired) electrons. The van der Waals surface area contributed by atoms with Gasteiger partial charge >= 0.3 is 0 Å². The quantitative estimate of drug-likeness (QED) is 0.245. The molecule has 0 unspecified atom stereocenters. The summed E-state index contributed by atoms with van der Waals surface area (Å²) in [5, 5.41) is 0. The summed E-state index contributed by atoms with van der Waals surface area (Å²) >= 11 is 0. The molecule has 0 N–H and O–H groups in total. The lowest BCUT2D eigenvalue weighted by atomic mass is 9.94. The number of hydrogen-bond donors (Lipinski definition) is 0. The predicted octanol–water partition coefficient (Wildman–Crippen LogP) is 7.49. The summed E-state index contributed by atoms with van der Waals surface area (Å²) < 4.78 is 0. The number of unbranched alkanes of at least 4 members (excludes halogenated alkanes) is 8. The zero-order valence-electron chi connectivity index (χ0n) is 20.7. The van der Waals surface area contributed by atoms with Crippen LogP contribution in [0.5, 0.6) is 0 Å². The number of amides is 1. The van der Waals surface area contributed by atoms with Gasteiger partial charge in [0.25, 0.3) is 0 Å². The van der Waals surface area contributed by atoms with Gasteiger partial charge in [0.2, 0.25) is 5.91 Å². The zero-order valence-corrected chi connectivity index (χ0v) is 20.7. The fraction of sp³-hybridized carbons (Fsp3) is 0.419. The van der Waals surface area contributed by atoms with E-state index in [0.717, 1.165) is 24.0 Å². The molecule has 1 heterocycles. The van der Waals surface area contributed by atoms with E-state index < -0.39 is 0 Å². The fourth-order valence-corrected chi connectivity index (χ4v) is 4.46. The molecule has 0 bridgehead atoms. The van der Waals surface area contributed by atoms with Gasteiger partial charge in [0, 0.05) is 30.7 Å². The smallest absolute Gasteiger partial charge is 0.223 e. The molecule has 1 aliphatic heterocycles. The zero-order chi connectivity index (χ0) is 24.0. The molecule has 180 valence electrons. The van der Waals surface area contributed by atoms with Crippen LogP contribution in [0.15, 0.2) is 71.8 Å². The molecule has 0 saturated carbocycles. The predicted molar refractivity (Wildman–Crippen MR) is 142 cm³/mol. The van der Waals surface area contributed by atoms with Crippen molar-refractivity contribution in [2.75, 3.05) is 13.1 Å². The summed E-state index contributed by atoms with van der Waals surface area (Å²) in [6, 6.07) is 19.8. The van der Waals surface area contributed by atoms with Gasteiger partial charge in [0.15, 0.2) is 5.78 Å². The number of likely N-dealkylation sites (tertiary alicyclic amines) is 1. The fourth-order valence-electron chi connectivity index (χ4n) is 4.46. The highest BCUT2D eigenvalue weighted by molar-refractivity contribution is 6.15. The average Bonchev–Trinajstić information content (AvgIpc) is 2.86. The Bertz CT molecular complexity index is 898. The molecule has 1 amide bonds. The summed E-state index contributed by atoms with van der Waals surface area (Å²) in [7, 11) is 0. The van der Waals surface area contributed by atoms with Crippen molar-refractivity contribution in [3.63, 3.8) is 0 Å². The highest BCUT2D eigenvalue weighted by Gasteiger charge is 2.28. The normalized spacial score (nSPS) is 16.4. The van der Waals surface area contributed by atoms with Crippen molar-refractivity contribution in [2.45, 2.75) is 71.1 Å². The Balaban J connectivity index is 1.60. The number of carbonyl (C=O) groups excluding carboxylic acids is 2. The Morgan fingerprint density at radius 2 is 1.15 bits per heavy atom. The van der Waals surface area contributed by atoms with E-state index in [1.807, 2.05) is 77.7 Å². The third-order valence-electron chi connectivity index (χ3n) is 6.43.